The molecule has 0 radical (unpaired) electrons. The van der Waals surface area contributed by atoms with Gasteiger partial charge in [-0.25, -0.2) is 4.98 Å². The number of imidazole rings is 1. The molecule has 4 heteroatoms. The summed E-state index contributed by atoms with van der Waals surface area (Å²) in [5.74, 6) is 0.894. The number of rotatable bonds is 4. The van der Waals surface area contributed by atoms with Gasteiger partial charge in [-0.15, -0.1) is 0 Å². The van der Waals surface area contributed by atoms with Gasteiger partial charge in [0.05, 0.1) is 17.1 Å². The molecule has 21 heavy (non-hydrogen) atoms. The summed E-state index contributed by atoms with van der Waals surface area (Å²) in [4.78, 5) is 4.59. The van der Waals surface area contributed by atoms with Gasteiger partial charge >= 0.3 is 0 Å². The normalized spacial score (nSPS) is 12.7. The van der Waals surface area contributed by atoms with E-state index in [1.54, 1.807) is 0 Å². The number of aliphatic hydroxyl groups excluding tert-OH is 1. The van der Waals surface area contributed by atoms with Crippen LogP contribution in [0.15, 0.2) is 48.5 Å². The second-order valence-electron chi connectivity index (χ2n) is 5.27. The van der Waals surface area contributed by atoms with Crippen molar-refractivity contribution in [2.75, 3.05) is 0 Å². The van der Waals surface area contributed by atoms with Crippen molar-refractivity contribution >= 4 is 22.6 Å². The fraction of sp³-hybridized carbons (Fsp3) is 0.235. The lowest BCUT2D eigenvalue weighted by Gasteiger charge is -2.11. The molecule has 0 saturated heterocycles. The molecule has 2 aromatic carbocycles. The average Bonchev–Trinajstić information content (AvgIpc) is 2.76. The molecule has 1 aromatic heterocycles. The Morgan fingerprint density at radius 2 is 1.95 bits per heavy atom. The minimum absolute atomic E-state index is 0.473. The zero-order chi connectivity index (χ0) is 14.8. The Hall–Kier alpha value is -1.84. The first-order chi connectivity index (χ1) is 10.1. The van der Waals surface area contributed by atoms with E-state index in [1.165, 1.54) is 0 Å². The summed E-state index contributed by atoms with van der Waals surface area (Å²) >= 11 is 5.97. The van der Waals surface area contributed by atoms with Crippen LogP contribution in [0.25, 0.3) is 11.0 Å². The highest BCUT2D eigenvalue weighted by Gasteiger charge is 2.13. The van der Waals surface area contributed by atoms with Crippen molar-refractivity contribution < 1.29 is 5.11 Å². The van der Waals surface area contributed by atoms with Crippen LogP contribution >= 0.6 is 11.6 Å². The van der Waals surface area contributed by atoms with Crippen molar-refractivity contribution in [3.05, 3.63) is 64.9 Å². The highest BCUT2D eigenvalue weighted by molar-refractivity contribution is 6.30. The molecular formula is C17H17ClN2O. The van der Waals surface area contributed by atoms with E-state index in [0.29, 0.717) is 17.9 Å². The van der Waals surface area contributed by atoms with E-state index in [2.05, 4.69) is 4.98 Å². The molecule has 0 spiro atoms. The molecule has 0 aliphatic rings. The Balaban J connectivity index is 1.77. The maximum absolute atomic E-state index is 10.3. The number of hydrogen-bond acceptors (Lipinski definition) is 2. The van der Waals surface area contributed by atoms with E-state index in [0.717, 1.165) is 22.4 Å². The number of halogens is 1. The summed E-state index contributed by atoms with van der Waals surface area (Å²) in [6, 6.07) is 15.6. The number of para-hydroxylation sites is 2. The molecule has 1 atom stereocenters. The Bertz CT molecular complexity index is 766. The van der Waals surface area contributed by atoms with Crippen molar-refractivity contribution in [3.8, 4) is 0 Å². The van der Waals surface area contributed by atoms with Gasteiger partial charge < -0.3 is 9.67 Å². The second kappa shape index (κ2) is 5.88. The van der Waals surface area contributed by atoms with Crippen molar-refractivity contribution in [3.63, 3.8) is 0 Å². The van der Waals surface area contributed by atoms with Gasteiger partial charge in [0.1, 0.15) is 5.82 Å². The van der Waals surface area contributed by atoms with Gasteiger partial charge in [0.2, 0.25) is 0 Å². The maximum atomic E-state index is 10.3. The molecule has 0 amide bonds. The lowest BCUT2D eigenvalue weighted by Crippen LogP contribution is -2.16. The van der Waals surface area contributed by atoms with Crippen LogP contribution in [0.1, 0.15) is 11.4 Å². The van der Waals surface area contributed by atoms with Gasteiger partial charge in [0.15, 0.2) is 0 Å². The van der Waals surface area contributed by atoms with Crippen LogP contribution in [-0.4, -0.2) is 20.8 Å². The average molecular weight is 301 g/mol. The van der Waals surface area contributed by atoms with Crippen LogP contribution in [-0.2, 0) is 19.9 Å². The number of fused-ring (bicyclic) bond motifs is 1. The molecule has 0 fully saturated rings. The van der Waals surface area contributed by atoms with Gasteiger partial charge in [-0.05, 0) is 36.2 Å². The fourth-order valence-corrected chi connectivity index (χ4v) is 2.81. The molecule has 0 bridgehead atoms. The molecule has 1 heterocycles. The first kappa shape index (κ1) is 14.1. The zero-order valence-electron chi connectivity index (χ0n) is 11.8. The standard InChI is InChI=1S/C17H17ClN2O/c1-20-16-8-3-2-7-15(16)19-17(20)11-14(21)10-12-5-4-6-13(18)9-12/h2-9,14,21H,10-11H2,1H3. The highest BCUT2D eigenvalue weighted by atomic mass is 35.5. The molecule has 3 aromatic rings. The summed E-state index contributed by atoms with van der Waals surface area (Å²) in [6.45, 7) is 0. The number of benzene rings is 2. The molecule has 1 N–H and O–H groups in total. The predicted octanol–water partition coefficient (Wildman–Crippen LogP) is 3.37. The Kier molecular flexibility index (Phi) is 3.95. The van der Waals surface area contributed by atoms with E-state index in [1.807, 2.05) is 60.1 Å². The van der Waals surface area contributed by atoms with Crippen molar-refractivity contribution in [1.29, 1.82) is 0 Å². The van der Waals surface area contributed by atoms with Crippen LogP contribution in [0, 0.1) is 0 Å². The number of nitrogens with zero attached hydrogens (tertiary/aromatic N) is 2. The van der Waals surface area contributed by atoms with Gasteiger partial charge in [0, 0.05) is 18.5 Å². The topological polar surface area (TPSA) is 38.0 Å². The minimum atomic E-state index is -0.473. The third-order valence-electron chi connectivity index (χ3n) is 3.66. The SMILES string of the molecule is Cn1c(CC(O)Cc2cccc(Cl)c2)nc2ccccc21. The lowest BCUT2D eigenvalue weighted by molar-refractivity contribution is 0.172. The van der Waals surface area contributed by atoms with E-state index in [-0.39, 0.29) is 0 Å². The number of aromatic nitrogens is 2. The summed E-state index contributed by atoms with van der Waals surface area (Å²) in [5, 5.41) is 11.0. The zero-order valence-corrected chi connectivity index (χ0v) is 12.6. The largest absolute Gasteiger partial charge is 0.392 e. The molecule has 1 unspecified atom stereocenters. The Morgan fingerprint density at radius 3 is 2.71 bits per heavy atom. The van der Waals surface area contributed by atoms with Crippen molar-refractivity contribution in [2.24, 2.45) is 7.05 Å². The Morgan fingerprint density at radius 1 is 1.14 bits per heavy atom. The minimum Gasteiger partial charge on any atom is -0.392 e. The smallest absolute Gasteiger partial charge is 0.112 e. The molecule has 108 valence electrons. The van der Waals surface area contributed by atoms with Crippen molar-refractivity contribution in [1.82, 2.24) is 9.55 Å². The third kappa shape index (κ3) is 3.09. The summed E-state index contributed by atoms with van der Waals surface area (Å²) in [6.07, 6.45) is 0.626. The second-order valence-corrected chi connectivity index (χ2v) is 5.70. The first-order valence-corrected chi connectivity index (χ1v) is 7.34. The Labute approximate surface area is 128 Å². The van der Waals surface area contributed by atoms with Crippen LogP contribution in [0.3, 0.4) is 0 Å². The van der Waals surface area contributed by atoms with Gasteiger partial charge in [0.25, 0.3) is 0 Å². The van der Waals surface area contributed by atoms with Crippen LogP contribution in [0.5, 0.6) is 0 Å². The van der Waals surface area contributed by atoms with Crippen LogP contribution in [0.2, 0.25) is 5.02 Å². The van der Waals surface area contributed by atoms with E-state index < -0.39 is 6.10 Å². The van der Waals surface area contributed by atoms with Gasteiger partial charge in [-0.3, -0.25) is 0 Å². The summed E-state index contributed by atoms with van der Waals surface area (Å²) in [7, 11) is 1.98. The highest BCUT2D eigenvalue weighted by Crippen LogP contribution is 2.17. The molecule has 0 aliphatic heterocycles. The van der Waals surface area contributed by atoms with Crippen LogP contribution in [0.4, 0.5) is 0 Å². The van der Waals surface area contributed by atoms with Gasteiger partial charge in [-0.2, -0.15) is 0 Å². The molecule has 0 aliphatic carbocycles. The quantitative estimate of drug-likeness (QED) is 0.802. The molecule has 3 nitrogen and oxygen atoms in total. The van der Waals surface area contributed by atoms with Crippen LogP contribution < -0.4 is 0 Å². The van der Waals surface area contributed by atoms with Crippen molar-refractivity contribution in [2.45, 2.75) is 18.9 Å². The lowest BCUT2D eigenvalue weighted by atomic mass is 10.1. The first-order valence-electron chi connectivity index (χ1n) is 6.96. The molecular weight excluding hydrogens is 284 g/mol. The summed E-state index contributed by atoms with van der Waals surface area (Å²) in [5.41, 5.74) is 3.08. The van der Waals surface area contributed by atoms with E-state index in [4.69, 9.17) is 11.6 Å². The van der Waals surface area contributed by atoms with E-state index >= 15 is 0 Å². The van der Waals surface area contributed by atoms with E-state index in [9.17, 15) is 5.11 Å². The number of aliphatic hydroxyl groups is 1. The summed E-state index contributed by atoms with van der Waals surface area (Å²) < 4.78 is 2.04. The number of hydrogen-bond donors (Lipinski definition) is 1. The number of aryl methyl sites for hydroxylation is 1. The van der Waals surface area contributed by atoms with Gasteiger partial charge in [-0.1, -0.05) is 35.9 Å². The molecule has 3 rings (SSSR count). The molecule has 0 saturated carbocycles. The monoisotopic (exact) mass is 300 g/mol. The third-order valence-corrected chi connectivity index (χ3v) is 3.89. The maximum Gasteiger partial charge on any atom is 0.112 e. The predicted molar refractivity (Wildman–Crippen MR) is 85.6 cm³/mol. The fourth-order valence-electron chi connectivity index (χ4n) is 2.60.